The van der Waals surface area contributed by atoms with Gasteiger partial charge in [0.25, 0.3) is 0 Å². The zero-order chi connectivity index (χ0) is 11.2. The SMILES string of the molecule is CNCc1cn(CCc2ccccn2)cn1. The Morgan fingerprint density at radius 1 is 1.25 bits per heavy atom. The molecular weight excluding hydrogens is 200 g/mol. The molecule has 4 nitrogen and oxygen atoms in total. The van der Waals surface area contributed by atoms with Crippen LogP contribution in [0.2, 0.25) is 0 Å². The van der Waals surface area contributed by atoms with Gasteiger partial charge in [0, 0.05) is 37.6 Å². The van der Waals surface area contributed by atoms with Gasteiger partial charge in [-0.05, 0) is 19.2 Å². The maximum Gasteiger partial charge on any atom is 0.0950 e. The Balaban J connectivity index is 1.89. The maximum atomic E-state index is 4.30. The van der Waals surface area contributed by atoms with Crippen LogP contribution in [0.5, 0.6) is 0 Å². The van der Waals surface area contributed by atoms with Gasteiger partial charge in [-0.25, -0.2) is 4.98 Å². The molecule has 2 heterocycles. The first-order valence-corrected chi connectivity index (χ1v) is 5.43. The Morgan fingerprint density at radius 2 is 2.19 bits per heavy atom. The molecule has 0 aliphatic rings. The van der Waals surface area contributed by atoms with Gasteiger partial charge in [-0.2, -0.15) is 0 Å². The van der Waals surface area contributed by atoms with Crippen molar-refractivity contribution in [3.63, 3.8) is 0 Å². The number of pyridine rings is 1. The smallest absolute Gasteiger partial charge is 0.0950 e. The fraction of sp³-hybridized carbons (Fsp3) is 0.333. The Labute approximate surface area is 95.4 Å². The van der Waals surface area contributed by atoms with Gasteiger partial charge in [-0.15, -0.1) is 0 Å². The van der Waals surface area contributed by atoms with Crippen molar-refractivity contribution in [2.24, 2.45) is 0 Å². The van der Waals surface area contributed by atoms with Crippen molar-refractivity contribution in [2.75, 3.05) is 7.05 Å². The fourth-order valence-electron chi connectivity index (χ4n) is 1.59. The summed E-state index contributed by atoms with van der Waals surface area (Å²) in [6.07, 6.45) is 6.71. The van der Waals surface area contributed by atoms with Gasteiger partial charge >= 0.3 is 0 Å². The lowest BCUT2D eigenvalue weighted by Gasteiger charge is -2.01. The van der Waals surface area contributed by atoms with Crippen LogP contribution in [0.1, 0.15) is 11.4 Å². The zero-order valence-corrected chi connectivity index (χ0v) is 9.43. The van der Waals surface area contributed by atoms with Gasteiger partial charge in [-0.3, -0.25) is 4.98 Å². The van der Waals surface area contributed by atoms with Gasteiger partial charge in [0.05, 0.1) is 12.0 Å². The van der Waals surface area contributed by atoms with E-state index in [1.54, 1.807) is 0 Å². The fourth-order valence-corrected chi connectivity index (χ4v) is 1.59. The third-order valence-electron chi connectivity index (χ3n) is 2.40. The molecule has 0 saturated carbocycles. The van der Waals surface area contributed by atoms with Crippen molar-refractivity contribution in [1.82, 2.24) is 19.9 Å². The third-order valence-corrected chi connectivity index (χ3v) is 2.40. The highest BCUT2D eigenvalue weighted by molar-refractivity contribution is 5.04. The highest BCUT2D eigenvalue weighted by Gasteiger charge is 1.98. The minimum Gasteiger partial charge on any atom is -0.337 e. The lowest BCUT2D eigenvalue weighted by atomic mass is 10.3. The average Bonchev–Trinajstić information content (AvgIpc) is 2.76. The van der Waals surface area contributed by atoms with E-state index in [0.29, 0.717) is 0 Å². The van der Waals surface area contributed by atoms with Crippen molar-refractivity contribution in [1.29, 1.82) is 0 Å². The summed E-state index contributed by atoms with van der Waals surface area (Å²) in [5.74, 6) is 0. The molecule has 0 aliphatic carbocycles. The lowest BCUT2D eigenvalue weighted by molar-refractivity contribution is 0.683. The Kier molecular flexibility index (Phi) is 3.66. The van der Waals surface area contributed by atoms with Gasteiger partial charge in [0.1, 0.15) is 0 Å². The van der Waals surface area contributed by atoms with Gasteiger partial charge in [-0.1, -0.05) is 6.07 Å². The van der Waals surface area contributed by atoms with E-state index < -0.39 is 0 Å². The minimum absolute atomic E-state index is 0.816. The van der Waals surface area contributed by atoms with E-state index in [1.807, 2.05) is 37.8 Å². The predicted molar refractivity (Wildman–Crippen MR) is 62.9 cm³/mol. The molecule has 2 rings (SSSR count). The first-order chi connectivity index (χ1) is 7.88. The number of hydrogen-bond donors (Lipinski definition) is 1. The molecule has 0 spiro atoms. The molecular formula is C12H16N4. The van der Waals surface area contributed by atoms with Gasteiger partial charge in [0.2, 0.25) is 0 Å². The standard InChI is InChI=1S/C12H16N4/c1-13-8-12-9-16(10-15-12)7-5-11-4-2-3-6-14-11/h2-4,6,9-10,13H,5,7-8H2,1H3. The average molecular weight is 216 g/mol. The van der Waals surface area contributed by atoms with E-state index in [-0.39, 0.29) is 0 Å². The summed E-state index contributed by atoms with van der Waals surface area (Å²) in [4.78, 5) is 8.59. The number of nitrogens with one attached hydrogen (secondary N) is 1. The van der Waals surface area contributed by atoms with Crippen LogP contribution in [-0.2, 0) is 19.5 Å². The van der Waals surface area contributed by atoms with E-state index in [2.05, 4.69) is 26.0 Å². The number of hydrogen-bond acceptors (Lipinski definition) is 3. The molecule has 0 fully saturated rings. The Hall–Kier alpha value is -1.68. The normalized spacial score (nSPS) is 10.6. The first kappa shape index (κ1) is 10.8. The third kappa shape index (κ3) is 2.90. The summed E-state index contributed by atoms with van der Waals surface area (Å²) in [6.45, 7) is 1.74. The maximum absolute atomic E-state index is 4.30. The quantitative estimate of drug-likeness (QED) is 0.817. The number of rotatable bonds is 5. The summed E-state index contributed by atoms with van der Waals surface area (Å²) in [6, 6.07) is 6.00. The molecule has 0 amide bonds. The summed E-state index contributed by atoms with van der Waals surface area (Å²) >= 11 is 0. The largest absolute Gasteiger partial charge is 0.337 e. The second kappa shape index (κ2) is 5.42. The van der Waals surface area contributed by atoms with Gasteiger partial charge in [0.15, 0.2) is 0 Å². The molecule has 84 valence electrons. The minimum atomic E-state index is 0.816. The molecule has 0 bridgehead atoms. The molecule has 0 radical (unpaired) electrons. The number of imidazole rings is 1. The van der Waals surface area contributed by atoms with Crippen LogP contribution in [0, 0.1) is 0 Å². The molecule has 0 aliphatic heterocycles. The van der Waals surface area contributed by atoms with Crippen molar-refractivity contribution in [2.45, 2.75) is 19.5 Å². The summed E-state index contributed by atoms with van der Waals surface area (Å²) in [5, 5.41) is 3.08. The van der Waals surface area contributed by atoms with Crippen LogP contribution in [-0.4, -0.2) is 21.6 Å². The molecule has 2 aromatic rings. The van der Waals surface area contributed by atoms with Crippen molar-refractivity contribution in [3.8, 4) is 0 Å². The highest BCUT2D eigenvalue weighted by atomic mass is 15.0. The summed E-state index contributed by atoms with van der Waals surface area (Å²) in [5.41, 5.74) is 2.19. The Bertz CT molecular complexity index is 422. The Morgan fingerprint density at radius 3 is 2.94 bits per heavy atom. The molecule has 2 aromatic heterocycles. The van der Waals surface area contributed by atoms with Crippen molar-refractivity contribution < 1.29 is 0 Å². The first-order valence-electron chi connectivity index (χ1n) is 5.43. The van der Waals surface area contributed by atoms with E-state index >= 15 is 0 Å². The van der Waals surface area contributed by atoms with E-state index in [1.165, 1.54) is 0 Å². The van der Waals surface area contributed by atoms with Crippen LogP contribution in [0.4, 0.5) is 0 Å². The molecule has 0 aromatic carbocycles. The molecule has 0 unspecified atom stereocenters. The number of aryl methyl sites for hydroxylation is 2. The van der Waals surface area contributed by atoms with E-state index in [4.69, 9.17) is 0 Å². The molecule has 0 saturated heterocycles. The van der Waals surface area contributed by atoms with Crippen molar-refractivity contribution in [3.05, 3.63) is 48.3 Å². The van der Waals surface area contributed by atoms with Crippen LogP contribution >= 0.6 is 0 Å². The number of aromatic nitrogens is 3. The monoisotopic (exact) mass is 216 g/mol. The summed E-state index contributed by atoms with van der Waals surface area (Å²) < 4.78 is 2.10. The van der Waals surface area contributed by atoms with Crippen LogP contribution in [0.15, 0.2) is 36.9 Å². The number of nitrogens with zero attached hydrogens (tertiary/aromatic N) is 3. The second-order valence-electron chi connectivity index (χ2n) is 3.70. The van der Waals surface area contributed by atoms with Crippen LogP contribution < -0.4 is 5.32 Å². The highest BCUT2D eigenvalue weighted by Crippen LogP contribution is 2.00. The summed E-state index contributed by atoms with van der Waals surface area (Å²) in [7, 11) is 1.92. The topological polar surface area (TPSA) is 42.7 Å². The van der Waals surface area contributed by atoms with Crippen LogP contribution in [0.25, 0.3) is 0 Å². The van der Waals surface area contributed by atoms with E-state index in [0.717, 1.165) is 30.9 Å². The van der Waals surface area contributed by atoms with E-state index in [9.17, 15) is 0 Å². The predicted octanol–water partition coefficient (Wildman–Crippen LogP) is 1.24. The molecule has 16 heavy (non-hydrogen) atoms. The van der Waals surface area contributed by atoms with Crippen LogP contribution in [0.3, 0.4) is 0 Å². The lowest BCUT2D eigenvalue weighted by Crippen LogP contribution is -2.05. The van der Waals surface area contributed by atoms with Crippen molar-refractivity contribution >= 4 is 0 Å². The molecule has 4 heteroatoms. The molecule has 1 N–H and O–H groups in total. The van der Waals surface area contributed by atoms with Gasteiger partial charge < -0.3 is 9.88 Å². The second-order valence-corrected chi connectivity index (χ2v) is 3.70. The molecule has 0 atom stereocenters. The zero-order valence-electron chi connectivity index (χ0n) is 9.43.